The van der Waals surface area contributed by atoms with Crippen LogP contribution in [0.4, 0.5) is 0 Å². The molecule has 0 radical (unpaired) electrons. The van der Waals surface area contributed by atoms with Crippen LogP contribution in [-0.2, 0) is 6.54 Å². The molecular weight excluding hydrogens is 226 g/mol. The Hall–Kier alpha value is -1.13. The van der Waals surface area contributed by atoms with Crippen molar-refractivity contribution in [3.05, 3.63) is 23.9 Å². The predicted molar refractivity (Wildman–Crippen MR) is 72.4 cm³/mol. The summed E-state index contributed by atoms with van der Waals surface area (Å²) in [7, 11) is 1.66. The average Bonchev–Trinajstić information content (AvgIpc) is 2.45. The maximum Gasteiger partial charge on any atom is 0.217 e. The van der Waals surface area contributed by atoms with E-state index in [0.717, 1.165) is 18.7 Å². The van der Waals surface area contributed by atoms with Crippen molar-refractivity contribution in [1.29, 1.82) is 0 Å². The molecule has 0 aliphatic heterocycles. The maximum atomic E-state index is 5.84. The molecule has 1 saturated carbocycles. The van der Waals surface area contributed by atoms with Crippen LogP contribution in [-0.4, -0.2) is 24.7 Å². The summed E-state index contributed by atoms with van der Waals surface area (Å²) in [6.45, 7) is 1.58. The lowest BCUT2D eigenvalue weighted by Gasteiger charge is -2.31. The molecule has 3 N–H and O–H groups in total. The lowest BCUT2D eigenvalue weighted by atomic mass is 9.84. The van der Waals surface area contributed by atoms with Crippen LogP contribution in [0.1, 0.15) is 31.2 Å². The van der Waals surface area contributed by atoms with Crippen molar-refractivity contribution < 1.29 is 4.74 Å². The molecule has 2 rings (SSSR count). The highest BCUT2D eigenvalue weighted by Crippen LogP contribution is 2.24. The van der Waals surface area contributed by atoms with Crippen LogP contribution in [0, 0.1) is 5.92 Å². The zero-order valence-corrected chi connectivity index (χ0v) is 11.1. The summed E-state index contributed by atoms with van der Waals surface area (Å²) < 4.78 is 5.26. The molecule has 1 aliphatic carbocycles. The highest BCUT2D eigenvalue weighted by Gasteiger charge is 2.23. The number of rotatable bonds is 5. The SMILES string of the molecule is COc1ncccc1CNC1CCCCC1CN. The van der Waals surface area contributed by atoms with Gasteiger partial charge in [-0.25, -0.2) is 4.98 Å². The van der Waals surface area contributed by atoms with Gasteiger partial charge in [-0.05, 0) is 31.4 Å². The topological polar surface area (TPSA) is 60.2 Å². The second kappa shape index (κ2) is 6.71. The lowest BCUT2D eigenvalue weighted by Crippen LogP contribution is -2.41. The summed E-state index contributed by atoms with van der Waals surface area (Å²) in [6.07, 6.45) is 6.85. The van der Waals surface area contributed by atoms with Gasteiger partial charge in [0, 0.05) is 24.3 Å². The Bertz CT molecular complexity index is 370. The monoisotopic (exact) mass is 249 g/mol. The van der Waals surface area contributed by atoms with Crippen molar-refractivity contribution in [2.45, 2.75) is 38.3 Å². The molecule has 1 heterocycles. The van der Waals surface area contributed by atoms with Crippen molar-refractivity contribution in [3.8, 4) is 5.88 Å². The van der Waals surface area contributed by atoms with Crippen LogP contribution in [0.3, 0.4) is 0 Å². The van der Waals surface area contributed by atoms with Gasteiger partial charge in [-0.1, -0.05) is 18.9 Å². The van der Waals surface area contributed by atoms with Crippen LogP contribution < -0.4 is 15.8 Å². The molecule has 1 aromatic heterocycles. The van der Waals surface area contributed by atoms with Crippen molar-refractivity contribution in [2.75, 3.05) is 13.7 Å². The zero-order chi connectivity index (χ0) is 12.8. The molecule has 0 bridgehead atoms. The number of hydrogen-bond donors (Lipinski definition) is 2. The van der Waals surface area contributed by atoms with Gasteiger partial charge in [-0.2, -0.15) is 0 Å². The number of pyridine rings is 1. The second-order valence-corrected chi connectivity index (χ2v) is 4.94. The number of nitrogens with one attached hydrogen (secondary N) is 1. The molecule has 4 heteroatoms. The van der Waals surface area contributed by atoms with Crippen LogP contribution in [0.2, 0.25) is 0 Å². The highest BCUT2D eigenvalue weighted by atomic mass is 16.5. The molecule has 0 spiro atoms. The Morgan fingerprint density at radius 1 is 1.44 bits per heavy atom. The van der Waals surface area contributed by atoms with Gasteiger partial charge in [0.2, 0.25) is 5.88 Å². The van der Waals surface area contributed by atoms with E-state index in [2.05, 4.69) is 16.4 Å². The molecule has 0 saturated heterocycles. The Kier molecular flexibility index (Phi) is 4.96. The van der Waals surface area contributed by atoms with E-state index >= 15 is 0 Å². The number of nitrogens with two attached hydrogens (primary N) is 1. The number of ether oxygens (including phenoxy) is 1. The quantitative estimate of drug-likeness (QED) is 0.834. The fraction of sp³-hybridized carbons (Fsp3) is 0.643. The molecule has 0 amide bonds. The van der Waals surface area contributed by atoms with Crippen LogP contribution >= 0.6 is 0 Å². The standard InChI is InChI=1S/C14H23N3O/c1-18-14-12(6-4-8-16-14)10-17-13-7-3-2-5-11(13)9-15/h4,6,8,11,13,17H,2-3,5,7,9-10,15H2,1H3. The first kappa shape index (κ1) is 13.3. The smallest absolute Gasteiger partial charge is 0.217 e. The predicted octanol–water partition coefficient (Wildman–Crippen LogP) is 1.70. The van der Waals surface area contributed by atoms with Gasteiger partial charge in [-0.3, -0.25) is 0 Å². The van der Waals surface area contributed by atoms with E-state index < -0.39 is 0 Å². The molecule has 2 atom stereocenters. The van der Waals surface area contributed by atoms with E-state index in [9.17, 15) is 0 Å². The Morgan fingerprint density at radius 2 is 2.28 bits per heavy atom. The van der Waals surface area contributed by atoms with Gasteiger partial charge in [0.15, 0.2) is 0 Å². The van der Waals surface area contributed by atoms with Gasteiger partial charge in [-0.15, -0.1) is 0 Å². The van der Waals surface area contributed by atoms with E-state index in [1.54, 1.807) is 13.3 Å². The van der Waals surface area contributed by atoms with E-state index in [0.29, 0.717) is 17.8 Å². The Morgan fingerprint density at radius 3 is 3.06 bits per heavy atom. The fourth-order valence-electron chi connectivity index (χ4n) is 2.74. The number of hydrogen-bond acceptors (Lipinski definition) is 4. The third kappa shape index (κ3) is 3.21. The third-order valence-corrected chi connectivity index (χ3v) is 3.81. The van der Waals surface area contributed by atoms with Gasteiger partial charge in [0.25, 0.3) is 0 Å². The van der Waals surface area contributed by atoms with Gasteiger partial charge in [0.1, 0.15) is 0 Å². The van der Waals surface area contributed by atoms with Crippen molar-refractivity contribution in [3.63, 3.8) is 0 Å². The zero-order valence-electron chi connectivity index (χ0n) is 11.1. The minimum atomic E-state index is 0.536. The van der Waals surface area contributed by atoms with E-state index in [1.807, 2.05) is 6.07 Å². The fourth-order valence-corrected chi connectivity index (χ4v) is 2.74. The summed E-state index contributed by atoms with van der Waals surface area (Å²) in [5, 5.41) is 3.61. The maximum absolute atomic E-state index is 5.84. The first-order valence-corrected chi connectivity index (χ1v) is 6.76. The van der Waals surface area contributed by atoms with Crippen LogP contribution in [0.15, 0.2) is 18.3 Å². The van der Waals surface area contributed by atoms with E-state index in [4.69, 9.17) is 10.5 Å². The lowest BCUT2D eigenvalue weighted by molar-refractivity contribution is 0.265. The molecule has 0 aromatic carbocycles. The highest BCUT2D eigenvalue weighted by molar-refractivity contribution is 5.25. The first-order chi connectivity index (χ1) is 8.85. The largest absolute Gasteiger partial charge is 0.481 e. The Labute approximate surface area is 109 Å². The number of nitrogens with zero attached hydrogens (tertiary/aromatic N) is 1. The van der Waals surface area contributed by atoms with E-state index in [-0.39, 0.29) is 0 Å². The van der Waals surface area contributed by atoms with Crippen LogP contribution in [0.5, 0.6) is 5.88 Å². The van der Waals surface area contributed by atoms with E-state index in [1.165, 1.54) is 25.7 Å². The third-order valence-electron chi connectivity index (χ3n) is 3.81. The molecule has 1 fully saturated rings. The summed E-state index contributed by atoms with van der Waals surface area (Å²) >= 11 is 0. The normalized spacial score (nSPS) is 23.9. The van der Waals surface area contributed by atoms with Crippen molar-refractivity contribution in [2.24, 2.45) is 11.7 Å². The van der Waals surface area contributed by atoms with Crippen LogP contribution in [0.25, 0.3) is 0 Å². The molecular formula is C14H23N3O. The molecule has 1 aliphatic rings. The van der Waals surface area contributed by atoms with Gasteiger partial charge in [0.05, 0.1) is 7.11 Å². The molecule has 100 valence electrons. The molecule has 18 heavy (non-hydrogen) atoms. The first-order valence-electron chi connectivity index (χ1n) is 6.76. The Balaban J connectivity index is 1.93. The van der Waals surface area contributed by atoms with Gasteiger partial charge >= 0.3 is 0 Å². The summed E-state index contributed by atoms with van der Waals surface area (Å²) in [4.78, 5) is 4.21. The molecule has 4 nitrogen and oxygen atoms in total. The summed E-state index contributed by atoms with van der Waals surface area (Å²) in [5.41, 5.74) is 6.95. The molecule has 1 aromatic rings. The minimum absolute atomic E-state index is 0.536. The summed E-state index contributed by atoms with van der Waals surface area (Å²) in [6, 6.07) is 4.54. The van der Waals surface area contributed by atoms with Crippen molar-refractivity contribution >= 4 is 0 Å². The second-order valence-electron chi connectivity index (χ2n) is 4.94. The minimum Gasteiger partial charge on any atom is -0.481 e. The number of methoxy groups -OCH3 is 1. The van der Waals surface area contributed by atoms with Gasteiger partial charge < -0.3 is 15.8 Å². The summed E-state index contributed by atoms with van der Waals surface area (Å²) in [5.74, 6) is 1.33. The number of aromatic nitrogens is 1. The van der Waals surface area contributed by atoms with Crippen molar-refractivity contribution in [1.82, 2.24) is 10.3 Å². The molecule has 2 unspecified atom stereocenters. The average molecular weight is 249 g/mol.